The van der Waals surface area contributed by atoms with Gasteiger partial charge in [-0.25, -0.2) is 0 Å². The zero-order chi connectivity index (χ0) is 15.8. The predicted octanol–water partition coefficient (Wildman–Crippen LogP) is 3.48. The van der Waals surface area contributed by atoms with Crippen molar-refractivity contribution >= 4 is 5.69 Å². The number of likely N-dealkylation sites (tertiary alicyclic amines) is 1. The Morgan fingerprint density at radius 2 is 1.87 bits per heavy atom. The lowest BCUT2D eigenvalue weighted by atomic mass is 9.78. The highest BCUT2D eigenvalue weighted by molar-refractivity contribution is 5.55. The lowest BCUT2D eigenvalue weighted by Gasteiger charge is -2.44. The van der Waals surface area contributed by atoms with E-state index >= 15 is 0 Å². The van der Waals surface area contributed by atoms with Gasteiger partial charge in [-0.3, -0.25) is 15.0 Å². The first-order valence-electron chi connectivity index (χ1n) is 8.53. The number of nitro groups is 1. The first-order valence-corrected chi connectivity index (χ1v) is 8.53. The fraction of sp³-hybridized carbons (Fsp3) is 0.647. The van der Waals surface area contributed by atoms with Crippen molar-refractivity contribution in [2.45, 2.75) is 51.1 Å². The molecule has 4 rings (SSSR count). The number of nitrogens with zero attached hydrogens (tertiary/aromatic N) is 2. The largest absolute Gasteiger partial charge is 0.454 e. The summed E-state index contributed by atoms with van der Waals surface area (Å²) in [5.41, 5.74) is 0.887. The van der Waals surface area contributed by atoms with Crippen molar-refractivity contribution < 1.29 is 14.4 Å². The summed E-state index contributed by atoms with van der Waals surface area (Å²) < 4.78 is 10.7. The summed E-state index contributed by atoms with van der Waals surface area (Å²) >= 11 is 0. The third-order valence-corrected chi connectivity index (χ3v) is 5.50. The third kappa shape index (κ3) is 2.76. The maximum Gasteiger partial charge on any atom is 0.277 e. The maximum absolute atomic E-state index is 11.4. The zero-order valence-electron chi connectivity index (χ0n) is 13.2. The summed E-state index contributed by atoms with van der Waals surface area (Å²) in [6.45, 7) is 1.81. The molecule has 0 spiro atoms. The monoisotopic (exact) mass is 318 g/mol. The van der Waals surface area contributed by atoms with Gasteiger partial charge in [-0.1, -0.05) is 12.8 Å². The molecule has 1 saturated carbocycles. The first-order chi connectivity index (χ1) is 11.2. The minimum atomic E-state index is -0.306. The summed E-state index contributed by atoms with van der Waals surface area (Å²) in [5.74, 6) is 1.88. The number of hydrogen-bond acceptors (Lipinski definition) is 5. The molecule has 6 nitrogen and oxygen atoms in total. The van der Waals surface area contributed by atoms with Gasteiger partial charge in [-0.15, -0.1) is 0 Å². The number of rotatable bonds is 3. The standard InChI is InChI=1S/C17H22N2O4/c20-19(21)15-9-17-16(22-11-23-17)8-13(15)10-18-7-3-5-12-4-1-2-6-14(12)18/h8-9,12,14H,1-7,10-11H2/t12-,14+/m1/s1. The van der Waals surface area contributed by atoms with Crippen LogP contribution in [0.15, 0.2) is 12.1 Å². The lowest BCUT2D eigenvalue weighted by molar-refractivity contribution is -0.385. The Kier molecular flexibility index (Phi) is 3.85. The van der Waals surface area contributed by atoms with Gasteiger partial charge in [0.15, 0.2) is 11.5 Å². The fourth-order valence-electron chi connectivity index (χ4n) is 4.41. The van der Waals surface area contributed by atoms with E-state index in [2.05, 4.69) is 4.90 Å². The summed E-state index contributed by atoms with van der Waals surface area (Å²) in [5, 5.41) is 11.4. The smallest absolute Gasteiger partial charge is 0.277 e. The molecule has 0 N–H and O–H groups in total. The second-order valence-corrected chi connectivity index (χ2v) is 6.82. The van der Waals surface area contributed by atoms with E-state index in [4.69, 9.17) is 9.47 Å². The van der Waals surface area contributed by atoms with E-state index in [-0.39, 0.29) is 17.4 Å². The van der Waals surface area contributed by atoms with Crippen LogP contribution in [0.3, 0.4) is 0 Å². The second kappa shape index (κ2) is 6.00. The number of fused-ring (bicyclic) bond motifs is 2. The van der Waals surface area contributed by atoms with Crippen molar-refractivity contribution in [3.05, 3.63) is 27.8 Å². The Labute approximate surface area is 135 Å². The minimum Gasteiger partial charge on any atom is -0.454 e. The van der Waals surface area contributed by atoms with Crippen LogP contribution in [0, 0.1) is 16.0 Å². The number of benzene rings is 1. The molecule has 2 atom stereocenters. The molecule has 1 saturated heterocycles. The van der Waals surface area contributed by atoms with Gasteiger partial charge in [-0.2, -0.15) is 0 Å². The molecule has 0 aromatic heterocycles. The summed E-state index contributed by atoms with van der Waals surface area (Å²) in [6, 6.07) is 3.90. The van der Waals surface area contributed by atoms with E-state index in [1.807, 2.05) is 0 Å². The van der Waals surface area contributed by atoms with Crippen molar-refractivity contribution in [1.29, 1.82) is 0 Å². The molecule has 2 aliphatic heterocycles. The number of piperidine rings is 1. The Hall–Kier alpha value is -1.82. The normalized spacial score (nSPS) is 26.8. The third-order valence-electron chi connectivity index (χ3n) is 5.50. The van der Waals surface area contributed by atoms with E-state index in [0.29, 0.717) is 24.1 Å². The van der Waals surface area contributed by atoms with Gasteiger partial charge in [-0.05, 0) is 44.2 Å². The molecular formula is C17H22N2O4. The summed E-state index contributed by atoms with van der Waals surface area (Å²) in [4.78, 5) is 13.6. The van der Waals surface area contributed by atoms with Gasteiger partial charge < -0.3 is 9.47 Å². The minimum absolute atomic E-state index is 0.143. The van der Waals surface area contributed by atoms with Gasteiger partial charge in [0.05, 0.1) is 11.0 Å². The molecule has 3 aliphatic rings. The zero-order valence-corrected chi connectivity index (χ0v) is 13.2. The maximum atomic E-state index is 11.4. The highest BCUT2D eigenvalue weighted by Crippen LogP contribution is 2.40. The highest BCUT2D eigenvalue weighted by atomic mass is 16.7. The highest BCUT2D eigenvalue weighted by Gasteiger charge is 2.34. The van der Waals surface area contributed by atoms with E-state index < -0.39 is 0 Å². The van der Waals surface area contributed by atoms with Crippen LogP contribution in [0.2, 0.25) is 0 Å². The van der Waals surface area contributed by atoms with Gasteiger partial charge in [0.2, 0.25) is 6.79 Å². The average Bonchev–Trinajstić information content (AvgIpc) is 3.01. The Morgan fingerprint density at radius 1 is 1.13 bits per heavy atom. The van der Waals surface area contributed by atoms with Gasteiger partial charge in [0.25, 0.3) is 5.69 Å². The Morgan fingerprint density at radius 3 is 2.70 bits per heavy atom. The molecular weight excluding hydrogens is 296 g/mol. The van der Waals surface area contributed by atoms with Crippen molar-refractivity contribution in [3.8, 4) is 11.5 Å². The molecule has 23 heavy (non-hydrogen) atoms. The van der Waals surface area contributed by atoms with Crippen LogP contribution in [0.4, 0.5) is 5.69 Å². The Bertz CT molecular complexity index is 617. The molecule has 0 unspecified atom stereocenters. The molecule has 1 aromatic carbocycles. The first kappa shape index (κ1) is 14.8. The molecule has 0 bridgehead atoms. The molecule has 124 valence electrons. The second-order valence-electron chi connectivity index (χ2n) is 6.82. The van der Waals surface area contributed by atoms with Crippen LogP contribution in [-0.4, -0.2) is 29.2 Å². The topological polar surface area (TPSA) is 64.8 Å². The molecule has 2 heterocycles. The summed E-state index contributed by atoms with van der Waals surface area (Å²) in [7, 11) is 0. The van der Waals surface area contributed by atoms with Crippen LogP contribution in [-0.2, 0) is 6.54 Å². The van der Waals surface area contributed by atoms with Crippen molar-refractivity contribution in [2.75, 3.05) is 13.3 Å². The lowest BCUT2D eigenvalue weighted by Crippen LogP contribution is -2.46. The van der Waals surface area contributed by atoms with Crippen LogP contribution >= 0.6 is 0 Å². The number of hydrogen-bond donors (Lipinski definition) is 0. The van der Waals surface area contributed by atoms with Crippen molar-refractivity contribution in [3.63, 3.8) is 0 Å². The van der Waals surface area contributed by atoms with E-state index in [1.165, 1.54) is 44.6 Å². The molecule has 0 amide bonds. The van der Waals surface area contributed by atoms with Crippen LogP contribution in [0.5, 0.6) is 11.5 Å². The van der Waals surface area contributed by atoms with Gasteiger partial charge in [0.1, 0.15) is 0 Å². The van der Waals surface area contributed by atoms with Crippen molar-refractivity contribution in [1.82, 2.24) is 4.90 Å². The Balaban J connectivity index is 1.61. The number of ether oxygens (including phenoxy) is 2. The molecule has 0 radical (unpaired) electrons. The predicted molar refractivity (Wildman–Crippen MR) is 84.6 cm³/mol. The van der Waals surface area contributed by atoms with Gasteiger partial charge >= 0.3 is 0 Å². The van der Waals surface area contributed by atoms with E-state index in [0.717, 1.165) is 18.0 Å². The SMILES string of the molecule is O=[N+]([O-])c1cc2c(cc1CN1CCC[C@H]3CCCC[C@@H]31)OCO2. The molecule has 6 heteroatoms. The van der Waals surface area contributed by atoms with Crippen LogP contribution < -0.4 is 9.47 Å². The van der Waals surface area contributed by atoms with Crippen LogP contribution in [0.1, 0.15) is 44.1 Å². The molecule has 1 aliphatic carbocycles. The van der Waals surface area contributed by atoms with Gasteiger partial charge in [0, 0.05) is 18.2 Å². The molecule has 2 fully saturated rings. The molecule has 1 aromatic rings. The van der Waals surface area contributed by atoms with E-state index in [9.17, 15) is 10.1 Å². The number of nitro benzene ring substituents is 1. The summed E-state index contributed by atoms with van der Waals surface area (Å²) in [6.07, 6.45) is 7.65. The quantitative estimate of drug-likeness (QED) is 0.630. The fourth-order valence-corrected chi connectivity index (χ4v) is 4.41. The van der Waals surface area contributed by atoms with Crippen molar-refractivity contribution in [2.24, 2.45) is 5.92 Å². The van der Waals surface area contributed by atoms with Crippen LogP contribution in [0.25, 0.3) is 0 Å². The van der Waals surface area contributed by atoms with E-state index in [1.54, 1.807) is 6.07 Å². The average molecular weight is 318 g/mol.